The Morgan fingerprint density at radius 2 is 1.88 bits per heavy atom. The number of halogens is 3. The van der Waals surface area contributed by atoms with Gasteiger partial charge in [0.15, 0.2) is 5.82 Å². The summed E-state index contributed by atoms with van der Waals surface area (Å²) in [6.45, 7) is 10.0. The highest BCUT2D eigenvalue weighted by atomic mass is 19.3. The summed E-state index contributed by atoms with van der Waals surface area (Å²) in [5.74, 6) is 0.431. The van der Waals surface area contributed by atoms with Gasteiger partial charge in [-0.1, -0.05) is 25.1 Å². The van der Waals surface area contributed by atoms with E-state index in [4.69, 9.17) is 9.72 Å². The molecule has 6 nitrogen and oxygen atoms in total. The topological polar surface area (TPSA) is 63.2 Å². The van der Waals surface area contributed by atoms with Crippen molar-refractivity contribution in [1.29, 1.82) is 0 Å². The standard InChI is InChI=1S/C25H30F3N5O/c1-13-11-34-12-17(13)10-33(5)21-9-20-23(29-15(21)3)16(4)31-32-25(20)30-14(2)18-7-6-8-19(22(18)26)24(27)28/h6-9,13-14,17,24H,10-12H2,1-5H3,(H,30,32)/t13-,14-,17+/m1/s1. The second-order valence-corrected chi connectivity index (χ2v) is 9.20. The van der Waals surface area contributed by atoms with Gasteiger partial charge in [0.2, 0.25) is 0 Å². The van der Waals surface area contributed by atoms with E-state index in [1.807, 2.05) is 27.0 Å². The quantitative estimate of drug-likeness (QED) is 0.481. The highest BCUT2D eigenvalue weighted by Gasteiger charge is 2.26. The zero-order valence-corrected chi connectivity index (χ0v) is 20.1. The van der Waals surface area contributed by atoms with Crippen molar-refractivity contribution in [1.82, 2.24) is 15.2 Å². The smallest absolute Gasteiger partial charge is 0.266 e. The first-order valence-corrected chi connectivity index (χ1v) is 11.4. The van der Waals surface area contributed by atoms with Crippen LogP contribution in [-0.2, 0) is 4.74 Å². The number of aromatic nitrogens is 3. The van der Waals surface area contributed by atoms with Crippen LogP contribution in [0.15, 0.2) is 24.3 Å². The third-order valence-electron chi connectivity index (χ3n) is 6.63. The van der Waals surface area contributed by atoms with E-state index in [0.717, 1.165) is 42.6 Å². The summed E-state index contributed by atoms with van der Waals surface area (Å²) in [6, 6.07) is 5.43. The fraction of sp³-hybridized carbons (Fsp3) is 0.480. The maximum absolute atomic E-state index is 14.7. The first kappa shape index (κ1) is 24.2. The van der Waals surface area contributed by atoms with Crippen molar-refractivity contribution in [3.63, 3.8) is 0 Å². The Kier molecular flexibility index (Phi) is 6.93. The van der Waals surface area contributed by atoms with Crippen molar-refractivity contribution in [3.05, 3.63) is 52.6 Å². The number of ether oxygens (including phenoxy) is 1. The molecular formula is C25H30F3N5O. The zero-order chi connectivity index (χ0) is 24.6. The number of hydrogen-bond acceptors (Lipinski definition) is 6. The van der Waals surface area contributed by atoms with E-state index in [1.54, 1.807) is 6.92 Å². The second kappa shape index (κ2) is 9.74. The van der Waals surface area contributed by atoms with Gasteiger partial charge in [0, 0.05) is 37.1 Å². The molecule has 1 aliphatic heterocycles. The van der Waals surface area contributed by atoms with Gasteiger partial charge in [-0.05, 0) is 32.8 Å². The van der Waals surface area contributed by atoms with E-state index >= 15 is 0 Å². The number of fused-ring (bicyclic) bond motifs is 1. The maximum Gasteiger partial charge on any atom is 0.266 e. The molecule has 0 amide bonds. The molecule has 1 fully saturated rings. The second-order valence-electron chi connectivity index (χ2n) is 9.20. The normalized spacial score (nSPS) is 19.1. The summed E-state index contributed by atoms with van der Waals surface area (Å²) in [6.07, 6.45) is -2.88. The summed E-state index contributed by atoms with van der Waals surface area (Å²) in [7, 11) is 2.03. The number of benzene rings is 1. The third-order valence-corrected chi connectivity index (χ3v) is 6.63. The van der Waals surface area contributed by atoms with Crippen LogP contribution in [0.4, 0.5) is 24.7 Å². The Hall–Kier alpha value is -2.94. The minimum absolute atomic E-state index is 0.140. The number of pyridine rings is 1. The number of rotatable bonds is 7. The number of aryl methyl sites for hydroxylation is 2. The number of anilines is 2. The molecule has 0 bridgehead atoms. The molecule has 9 heteroatoms. The van der Waals surface area contributed by atoms with E-state index < -0.39 is 23.8 Å². The van der Waals surface area contributed by atoms with Crippen LogP contribution in [0.5, 0.6) is 0 Å². The lowest BCUT2D eigenvalue weighted by Gasteiger charge is -2.26. The van der Waals surface area contributed by atoms with E-state index in [2.05, 4.69) is 27.3 Å². The molecule has 1 saturated heterocycles. The third kappa shape index (κ3) is 4.66. The average Bonchev–Trinajstić information content (AvgIpc) is 3.19. The fourth-order valence-electron chi connectivity index (χ4n) is 4.51. The number of nitrogens with zero attached hydrogens (tertiary/aromatic N) is 4. The molecule has 1 N–H and O–H groups in total. The molecule has 1 aromatic carbocycles. The van der Waals surface area contributed by atoms with Gasteiger partial charge in [0.1, 0.15) is 5.82 Å². The monoisotopic (exact) mass is 473 g/mol. The predicted octanol–water partition coefficient (Wildman–Crippen LogP) is 5.61. The van der Waals surface area contributed by atoms with Crippen LogP contribution in [0.2, 0.25) is 0 Å². The molecule has 3 aromatic rings. The Bertz CT molecular complexity index is 1190. The van der Waals surface area contributed by atoms with Crippen molar-refractivity contribution in [2.75, 3.05) is 37.0 Å². The average molecular weight is 474 g/mol. The van der Waals surface area contributed by atoms with Gasteiger partial charge in [0.25, 0.3) is 6.43 Å². The maximum atomic E-state index is 14.7. The molecule has 3 heterocycles. The van der Waals surface area contributed by atoms with Crippen molar-refractivity contribution in [2.24, 2.45) is 11.8 Å². The first-order valence-electron chi connectivity index (χ1n) is 11.4. The van der Waals surface area contributed by atoms with E-state index in [0.29, 0.717) is 28.9 Å². The zero-order valence-electron chi connectivity index (χ0n) is 20.1. The van der Waals surface area contributed by atoms with Crippen LogP contribution in [0, 0.1) is 31.5 Å². The molecule has 0 spiro atoms. The minimum atomic E-state index is -2.88. The van der Waals surface area contributed by atoms with Crippen molar-refractivity contribution >= 4 is 22.4 Å². The van der Waals surface area contributed by atoms with Gasteiger partial charge < -0.3 is 15.0 Å². The molecule has 0 unspecified atom stereocenters. The van der Waals surface area contributed by atoms with E-state index in [-0.39, 0.29) is 5.56 Å². The Balaban J connectivity index is 1.69. The summed E-state index contributed by atoms with van der Waals surface area (Å²) in [4.78, 5) is 6.97. The summed E-state index contributed by atoms with van der Waals surface area (Å²) in [5, 5.41) is 12.4. The van der Waals surface area contributed by atoms with Crippen molar-refractivity contribution < 1.29 is 17.9 Å². The highest BCUT2D eigenvalue weighted by Crippen LogP contribution is 2.33. The van der Waals surface area contributed by atoms with E-state index in [1.165, 1.54) is 12.1 Å². The Morgan fingerprint density at radius 1 is 1.15 bits per heavy atom. The van der Waals surface area contributed by atoms with Crippen LogP contribution >= 0.6 is 0 Å². The highest BCUT2D eigenvalue weighted by molar-refractivity contribution is 5.93. The van der Waals surface area contributed by atoms with Gasteiger partial charge >= 0.3 is 0 Å². The molecule has 34 heavy (non-hydrogen) atoms. The van der Waals surface area contributed by atoms with Gasteiger partial charge in [-0.2, -0.15) is 5.10 Å². The molecule has 182 valence electrons. The summed E-state index contributed by atoms with van der Waals surface area (Å²) in [5.41, 5.74) is 2.72. The molecular weight excluding hydrogens is 443 g/mol. The lowest BCUT2D eigenvalue weighted by molar-refractivity contribution is 0.146. The van der Waals surface area contributed by atoms with E-state index in [9.17, 15) is 13.2 Å². The Labute approximate surface area is 197 Å². The largest absolute Gasteiger partial charge is 0.381 e. The SMILES string of the molecule is Cc1nc2c(C)nnc(N[C@H](C)c3cccc(C(F)F)c3F)c2cc1N(C)C[C@H]1COC[C@H]1C. The number of nitrogens with one attached hydrogen (secondary N) is 1. The Morgan fingerprint density at radius 3 is 2.56 bits per heavy atom. The van der Waals surface area contributed by atoms with Gasteiger partial charge in [-0.25, -0.2) is 18.2 Å². The van der Waals surface area contributed by atoms with Crippen LogP contribution in [0.25, 0.3) is 10.9 Å². The van der Waals surface area contributed by atoms with Crippen LogP contribution in [0.3, 0.4) is 0 Å². The molecule has 0 aliphatic carbocycles. The van der Waals surface area contributed by atoms with Crippen LogP contribution in [0.1, 0.15) is 48.8 Å². The molecule has 2 aromatic heterocycles. The predicted molar refractivity (Wildman–Crippen MR) is 127 cm³/mol. The lowest BCUT2D eigenvalue weighted by Crippen LogP contribution is -2.29. The summed E-state index contributed by atoms with van der Waals surface area (Å²) < 4.78 is 46.7. The molecule has 0 saturated carbocycles. The number of hydrogen-bond donors (Lipinski definition) is 1. The minimum Gasteiger partial charge on any atom is -0.381 e. The van der Waals surface area contributed by atoms with Gasteiger partial charge in [0.05, 0.1) is 40.8 Å². The van der Waals surface area contributed by atoms with Gasteiger partial charge in [-0.3, -0.25) is 0 Å². The molecule has 4 rings (SSSR count). The van der Waals surface area contributed by atoms with Gasteiger partial charge in [-0.15, -0.1) is 5.10 Å². The van der Waals surface area contributed by atoms with Crippen molar-refractivity contribution in [2.45, 2.75) is 40.2 Å². The lowest BCUT2D eigenvalue weighted by atomic mass is 9.97. The fourth-order valence-corrected chi connectivity index (χ4v) is 4.51. The summed E-state index contributed by atoms with van der Waals surface area (Å²) >= 11 is 0. The van der Waals surface area contributed by atoms with Crippen LogP contribution < -0.4 is 10.2 Å². The van der Waals surface area contributed by atoms with Crippen molar-refractivity contribution in [3.8, 4) is 0 Å². The molecule has 0 radical (unpaired) electrons. The molecule has 1 aliphatic rings. The van der Waals surface area contributed by atoms with Crippen LogP contribution in [-0.4, -0.2) is 42.0 Å². The first-order chi connectivity index (χ1) is 16.2. The molecule has 3 atom stereocenters. The number of alkyl halides is 2.